The van der Waals surface area contributed by atoms with E-state index in [1.54, 1.807) is 0 Å². The van der Waals surface area contributed by atoms with E-state index in [1.807, 2.05) is 0 Å². The van der Waals surface area contributed by atoms with Crippen molar-refractivity contribution in [3.8, 4) is 0 Å². The predicted octanol–water partition coefficient (Wildman–Crippen LogP) is 1.92. The first-order valence-corrected chi connectivity index (χ1v) is 6.83. The Labute approximate surface area is 121 Å². The van der Waals surface area contributed by atoms with Crippen molar-refractivity contribution < 1.29 is 19.1 Å². The Hall–Kier alpha value is -2.15. The molecule has 0 bridgehead atoms. The Morgan fingerprint density at radius 1 is 1.29 bits per heavy atom. The van der Waals surface area contributed by atoms with E-state index in [4.69, 9.17) is 10.8 Å². The van der Waals surface area contributed by atoms with Crippen LogP contribution in [-0.4, -0.2) is 29.2 Å². The molecule has 1 aliphatic rings. The summed E-state index contributed by atoms with van der Waals surface area (Å²) in [6.45, 7) is 0. The molecule has 21 heavy (non-hydrogen) atoms. The van der Waals surface area contributed by atoms with Crippen molar-refractivity contribution in [2.75, 3.05) is 5.32 Å². The van der Waals surface area contributed by atoms with Crippen LogP contribution < -0.4 is 16.4 Å². The third kappa shape index (κ3) is 3.91. The second-order valence-corrected chi connectivity index (χ2v) is 5.15. The van der Waals surface area contributed by atoms with Gasteiger partial charge in [-0.3, -0.25) is 0 Å². The lowest BCUT2D eigenvalue weighted by Crippen LogP contribution is -2.50. The normalized spacial score (nSPS) is 21.6. The number of halogens is 1. The molecule has 1 aromatic rings. The lowest BCUT2D eigenvalue weighted by Gasteiger charge is -2.29. The third-order valence-electron chi connectivity index (χ3n) is 3.59. The van der Waals surface area contributed by atoms with Crippen molar-refractivity contribution in [1.82, 2.24) is 5.32 Å². The molecule has 5 N–H and O–H groups in total. The summed E-state index contributed by atoms with van der Waals surface area (Å²) >= 11 is 0. The molecule has 0 aliphatic heterocycles. The maximum absolute atomic E-state index is 13.3. The summed E-state index contributed by atoms with van der Waals surface area (Å²) in [5.74, 6) is -2.23. The van der Waals surface area contributed by atoms with E-state index in [9.17, 15) is 14.0 Å². The highest BCUT2D eigenvalue weighted by Gasteiger charge is 2.23. The summed E-state index contributed by atoms with van der Waals surface area (Å²) in [6, 6.07) is 2.75. The molecule has 114 valence electrons. The molecule has 0 spiro atoms. The van der Waals surface area contributed by atoms with Crippen LogP contribution in [0.4, 0.5) is 14.9 Å². The molecule has 2 rings (SSSR count). The minimum Gasteiger partial charge on any atom is -0.478 e. The van der Waals surface area contributed by atoms with Crippen molar-refractivity contribution in [1.29, 1.82) is 0 Å². The number of hydrogen-bond donors (Lipinski definition) is 4. The maximum Gasteiger partial charge on any atom is 0.338 e. The first kappa shape index (κ1) is 15.2. The molecule has 1 aromatic carbocycles. The highest BCUT2D eigenvalue weighted by atomic mass is 19.1. The third-order valence-corrected chi connectivity index (χ3v) is 3.59. The smallest absolute Gasteiger partial charge is 0.338 e. The molecule has 2 atom stereocenters. The molecule has 2 amide bonds. The van der Waals surface area contributed by atoms with E-state index in [0.29, 0.717) is 0 Å². The van der Waals surface area contributed by atoms with Crippen molar-refractivity contribution in [3.63, 3.8) is 0 Å². The number of aromatic carboxylic acids is 1. The lowest BCUT2D eigenvalue weighted by molar-refractivity contribution is 0.0692. The number of carboxylic acids is 1. The van der Waals surface area contributed by atoms with Crippen LogP contribution in [-0.2, 0) is 0 Å². The number of hydrogen-bond acceptors (Lipinski definition) is 3. The van der Waals surface area contributed by atoms with Gasteiger partial charge < -0.3 is 21.5 Å². The van der Waals surface area contributed by atoms with E-state index < -0.39 is 23.4 Å². The number of rotatable bonds is 3. The minimum absolute atomic E-state index is 0.0766. The molecule has 2 unspecified atom stereocenters. The Balaban J connectivity index is 1.99. The van der Waals surface area contributed by atoms with Gasteiger partial charge in [0.1, 0.15) is 5.82 Å². The number of amides is 2. The van der Waals surface area contributed by atoms with Crippen LogP contribution >= 0.6 is 0 Å². The van der Waals surface area contributed by atoms with Gasteiger partial charge in [-0.1, -0.05) is 12.8 Å². The topological polar surface area (TPSA) is 104 Å². The van der Waals surface area contributed by atoms with Crippen LogP contribution in [0.5, 0.6) is 0 Å². The average Bonchev–Trinajstić information content (AvgIpc) is 2.43. The number of carbonyl (C=O) groups is 2. The van der Waals surface area contributed by atoms with Gasteiger partial charge in [0.05, 0.1) is 5.56 Å². The Morgan fingerprint density at radius 3 is 2.67 bits per heavy atom. The average molecular weight is 295 g/mol. The molecule has 1 fully saturated rings. The Morgan fingerprint density at radius 2 is 2.00 bits per heavy atom. The second-order valence-electron chi connectivity index (χ2n) is 5.15. The predicted molar refractivity (Wildman–Crippen MR) is 75.7 cm³/mol. The van der Waals surface area contributed by atoms with Crippen LogP contribution in [0.1, 0.15) is 36.0 Å². The zero-order chi connectivity index (χ0) is 15.4. The summed E-state index contributed by atoms with van der Waals surface area (Å²) in [5, 5.41) is 14.1. The van der Waals surface area contributed by atoms with Gasteiger partial charge in [-0.05, 0) is 31.0 Å². The fraction of sp³-hybridized carbons (Fsp3) is 0.429. The largest absolute Gasteiger partial charge is 0.478 e. The van der Waals surface area contributed by atoms with E-state index >= 15 is 0 Å². The van der Waals surface area contributed by atoms with Gasteiger partial charge in [0, 0.05) is 17.8 Å². The van der Waals surface area contributed by atoms with Gasteiger partial charge in [0.25, 0.3) is 0 Å². The molecule has 1 aliphatic carbocycles. The highest BCUT2D eigenvalue weighted by Crippen LogP contribution is 2.18. The molecule has 0 aromatic heterocycles. The zero-order valence-corrected chi connectivity index (χ0v) is 11.4. The lowest BCUT2D eigenvalue weighted by atomic mass is 9.91. The van der Waals surface area contributed by atoms with Gasteiger partial charge >= 0.3 is 12.0 Å². The quantitative estimate of drug-likeness (QED) is 0.683. The molecular formula is C14H18FN3O3. The van der Waals surface area contributed by atoms with E-state index in [1.165, 1.54) is 6.07 Å². The fourth-order valence-corrected chi connectivity index (χ4v) is 2.44. The van der Waals surface area contributed by atoms with Crippen molar-refractivity contribution >= 4 is 17.7 Å². The highest BCUT2D eigenvalue weighted by molar-refractivity contribution is 5.93. The number of urea groups is 1. The summed E-state index contributed by atoms with van der Waals surface area (Å²) in [5.41, 5.74) is 5.67. The summed E-state index contributed by atoms with van der Waals surface area (Å²) in [7, 11) is 0. The number of carboxylic acid groups (broad SMARTS) is 1. The van der Waals surface area contributed by atoms with Crippen LogP contribution in [0.15, 0.2) is 18.2 Å². The molecule has 0 heterocycles. The monoisotopic (exact) mass is 295 g/mol. The number of benzene rings is 1. The number of nitrogens with two attached hydrogens (primary N) is 1. The summed E-state index contributed by atoms with van der Waals surface area (Å²) in [4.78, 5) is 22.7. The van der Waals surface area contributed by atoms with Crippen LogP contribution in [0, 0.1) is 5.82 Å². The van der Waals surface area contributed by atoms with Gasteiger partial charge in [0.15, 0.2) is 0 Å². The van der Waals surface area contributed by atoms with E-state index in [-0.39, 0.29) is 17.8 Å². The molecule has 0 radical (unpaired) electrons. The summed E-state index contributed by atoms with van der Waals surface area (Å²) < 4.78 is 13.3. The van der Waals surface area contributed by atoms with Gasteiger partial charge in [-0.15, -0.1) is 0 Å². The first-order chi connectivity index (χ1) is 9.97. The number of nitrogens with one attached hydrogen (secondary N) is 2. The standard InChI is InChI=1S/C14H18FN3O3/c15-10-6-5-8(7-9(10)13(19)20)17-14(21)18-12-4-2-1-3-11(12)16/h5-7,11-12H,1-4,16H2,(H,19,20)(H2,17,18,21). The molecule has 6 nitrogen and oxygen atoms in total. The van der Waals surface area contributed by atoms with Crippen LogP contribution in [0.3, 0.4) is 0 Å². The van der Waals surface area contributed by atoms with E-state index in [0.717, 1.165) is 37.8 Å². The SMILES string of the molecule is NC1CCCCC1NC(=O)Nc1ccc(F)c(C(=O)O)c1. The van der Waals surface area contributed by atoms with Crippen molar-refractivity contribution in [2.45, 2.75) is 37.8 Å². The Kier molecular flexibility index (Phi) is 4.74. The van der Waals surface area contributed by atoms with Crippen molar-refractivity contribution in [3.05, 3.63) is 29.6 Å². The zero-order valence-electron chi connectivity index (χ0n) is 11.4. The van der Waals surface area contributed by atoms with E-state index in [2.05, 4.69) is 10.6 Å². The molecule has 7 heteroatoms. The molecule has 0 saturated heterocycles. The molecular weight excluding hydrogens is 277 g/mol. The first-order valence-electron chi connectivity index (χ1n) is 6.83. The van der Waals surface area contributed by atoms with Gasteiger partial charge in [-0.2, -0.15) is 0 Å². The maximum atomic E-state index is 13.3. The fourth-order valence-electron chi connectivity index (χ4n) is 2.44. The Bertz CT molecular complexity index is 550. The minimum atomic E-state index is -1.38. The number of carbonyl (C=O) groups excluding carboxylic acids is 1. The van der Waals surface area contributed by atoms with Crippen LogP contribution in [0.25, 0.3) is 0 Å². The molecule has 1 saturated carbocycles. The second kappa shape index (κ2) is 6.53. The number of anilines is 1. The van der Waals surface area contributed by atoms with Crippen LogP contribution in [0.2, 0.25) is 0 Å². The summed E-state index contributed by atoms with van der Waals surface area (Å²) in [6.07, 6.45) is 3.75. The van der Waals surface area contributed by atoms with Gasteiger partial charge in [0.2, 0.25) is 0 Å². The van der Waals surface area contributed by atoms with Crippen molar-refractivity contribution in [2.24, 2.45) is 5.73 Å². The van der Waals surface area contributed by atoms with Gasteiger partial charge in [-0.25, -0.2) is 14.0 Å².